The van der Waals surface area contributed by atoms with Gasteiger partial charge in [-0.1, -0.05) is 72.8 Å². The van der Waals surface area contributed by atoms with Gasteiger partial charge in [0.05, 0.1) is 5.41 Å². The van der Waals surface area contributed by atoms with E-state index < -0.39 is 5.41 Å². The molecule has 6 aromatic rings. The largest absolute Gasteiger partial charge is 0.508 e. The summed E-state index contributed by atoms with van der Waals surface area (Å²) in [6.07, 6.45) is 0. The quantitative estimate of drug-likeness (QED) is 0.145. The lowest BCUT2D eigenvalue weighted by Gasteiger charge is -2.38. The molecule has 0 aliphatic rings. The summed E-state index contributed by atoms with van der Waals surface area (Å²) in [4.78, 5) is 0. The Labute approximate surface area is 264 Å². The summed E-state index contributed by atoms with van der Waals surface area (Å²) < 4.78 is 0. The van der Waals surface area contributed by atoms with Gasteiger partial charge in [0.1, 0.15) is 23.0 Å². The van der Waals surface area contributed by atoms with Gasteiger partial charge in [-0.25, -0.2) is 0 Å². The van der Waals surface area contributed by atoms with Crippen LogP contribution in [-0.4, -0.2) is 20.4 Å². The highest BCUT2D eigenvalue weighted by Crippen LogP contribution is 2.53. The van der Waals surface area contributed by atoms with E-state index in [4.69, 9.17) is 0 Å². The van der Waals surface area contributed by atoms with Crippen molar-refractivity contribution in [2.24, 2.45) is 0 Å². The van der Waals surface area contributed by atoms with Crippen molar-refractivity contribution in [1.29, 1.82) is 0 Å². The first-order valence-electron chi connectivity index (χ1n) is 15.0. The van der Waals surface area contributed by atoms with Crippen molar-refractivity contribution in [2.45, 2.75) is 33.1 Å². The number of phenolic OH excluding ortho intramolecular Hbond substituents is 4. The lowest BCUT2D eigenvalue weighted by atomic mass is 9.63. The first-order chi connectivity index (χ1) is 21.6. The van der Waals surface area contributed by atoms with Crippen molar-refractivity contribution in [1.82, 2.24) is 0 Å². The van der Waals surface area contributed by atoms with Crippen LogP contribution in [0.1, 0.15) is 44.5 Å². The molecule has 0 heterocycles. The van der Waals surface area contributed by atoms with Crippen molar-refractivity contribution < 1.29 is 20.4 Å². The van der Waals surface area contributed by atoms with Crippen LogP contribution >= 0.6 is 0 Å². The summed E-state index contributed by atoms with van der Waals surface area (Å²) in [5.74, 6) is 0.702. The molecular formula is C41H36O4. The SMILES string of the molecule is Cc1cc(-c2cc(C)c(O)c(C(c3ccccc3)(c3ccccc3)c3cc(-c4ccc(O)c(C)c4)cc(C)c3O)c2)ccc1O. The topological polar surface area (TPSA) is 80.9 Å². The van der Waals surface area contributed by atoms with Crippen molar-refractivity contribution in [3.8, 4) is 45.3 Å². The molecule has 0 aromatic heterocycles. The summed E-state index contributed by atoms with van der Waals surface area (Å²) >= 11 is 0. The minimum absolute atomic E-state index is 0.130. The molecular weight excluding hydrogens is 556 g/mol. The average molecular weight is 593 g/mol. The number of benzene rings is 6. The van der Waals surface area contributed by atoms with E-state index in [2.05, 4.69) is 0 Å². The monoisotopic (exact) mass is 592 g/mol. The van der Waals surface area contributed by atoms with Crippen molar-refractivity contribution in [2.75, 3.05) is 0 Å². The number of aromatic hydroxyl groups is 4. The lowest BCUT2D eigenvalue weighted by molar-refractivity contribution is 0.443. The van der Waals surface area contributed by atoms with Gasteiger partial charge in [0, 0.05) is 11.1 Å². The zero-order valence-corrected chi connectivity index (χ0v) is 25.8. The smallest absolute Gasteiger partial charge is 0.123 e. The predicted molar refractivity (Wildman–Crippen MR) is 181 cm³/mol. The highest BCUT2D eigenvalue weighted by atomic mass is 16.3. The molecule has 45 heavy (non-hydrogen) atoms. The van der Waals surface area contributed by atoms with E-state index in [1.807, 2.05) is 137 Å². The molecule has 0 radical (unpaired) electrons. The summed E-state index contributed by atoms with van der Waals surface area (Å²) in [6, 6.07) is 38.8. The average Bonchev–Trinajstić information content (AvgIpc) is 3.05. The van der Waals surface area contributed by atoms with Gasteiger partial charge in [-0.05, 0) is 132 Å². The fourth-order valence-corrected chi connectivity index (χ4v) is 6.44. The molecule has 4 heteroatoms. The van der Waals surface area contributed by atoms with Crippen LogP contribution in [0.15, 0.2) is 121 Å². The molecule has 0 saturated carbocycles. The molecule has 4 N–H and O–H groups in total. The van der Waals surface area contributed by atoms with Gasteiger partial charge in [-0.2, -0.15) is 0 Å². The van der Waals surface area contributed by atoms with E-state index in [0.29, 0.717) is 22.3 Å². The van der Waals surface area contributed by atoms with Gasteiger partial charge >= 0.3 is 0 Å². The Morgan fingerprint density at radius 3 is 1.09 bits per heavy atom. The van der Waals surface area contributed by atoms with Crippen LogP contribution in [0.25, 0.3) is 22.3 Å². The standard InChI is InChI=1S/C41H36O4/c1-25-19-29(15-17-37(25)42)31-21-27(3)39(44)35(23-31)41(33-11-7-5-8-12-33,34-13-9-6-10-14-34)36-24-32(22-28(4)40(36)45)30-16-18-38(43)26(2)20-30/h5-24,42-45H,1-4H3. The Hall–Kier alpha value is -5.48. The lowest BCUT2D eigenvalue weighted by Crippen LogP contribution is -2.31. The van der Waals surface area contributed by atoms with E-state index in [-0.39, 0.29) is 23.0 Å². The zero-order valence-electron chi connectivity index (χ0n) is 25.8. The minimum atomic E-state index is -1.14. The van der Waals surface area contributed by atoms with Crippen LogP contribution in [0.3, 0.4) is 0 Å². The summed E-state index contributed by atoms with van der Waals surface area (Å²) in [5.41, 5.74) is 8.28. The molecule has 6 aromatic carbocycles. The third-order valence-electron chi connectivity index (χ3n) is 8.88. The summed E-state index contributed by atoms with van der Waals surface area (Å²) in [7, 11) is 0. The van der Waals surface area contributed by atoms with Crippen molar-refractivity contribution >= 4 is 0 Å². The maximum Gasteiger partial charge on any atom is 0.123 e. The molecule has 224 valence electrons. The Morgan fingerprint density at radius 1 is 0.378 bits per heavy atom. The Balaban J connectivity index is 1.78. The van der Waals surface area contributed by atoms with Crippen LogP contribution < -0.4 is 0 Å². The Morgan fingerprint density at radius 2 is 0.733 bits per heavy atom. The molecule has 4 nitrogen and oxygen atoms in total. The molecule has 0 atom stereocenters. The second-order valence-electron chi connectivity index (χ2n) is 11.9. The molecule has 0 spiro atoms. The highest BCUT2D eigenvalue weighted by molar-refractivity contribution is 5.77. The third-order valence-corrected chi connectivity index (χ3v) is 8.88. The third kappa shape index (κ3) is 5.08. The molecule has 0 amide bonds. The second-order valence-corrected chi connectivity index (χ2v) is 11.9. The van der Waals surface area contributed by atoms with Crippen LogP contribution in [0.4, 0.5) is 0 Å². The van der Waals surface area contributed by atoms with Crippen LogP contribution in [-0.2, 0) is 5.41 Å². The summed E-state index contributed by atoms with van der Waals surface area (Å²) in [6.45, 7) is 7.50. The number of hydrogen-bond donors (Lipinski definition) is 4. The fraction of sp³-hybridized carbons (Fsp3) is 0.122. The van der Waals surface area contributed by atoms with E-state index >= 15 is 0 Å². The Kier molecular flexibility index (Phi) is 7.59. The number of hydrogen-bond acceptors (Lipinski definition) is 4. The van der Waals surface area contributed by atoms with E-state index in [9.17, 15) is 20.4 Å². The maximum atomic E-state index is 12.1. The van der Waals surface area contributed by atoms with Gasteiger partial charge in [0.2, 0.25) is 0 Å². The Bertz CT molecular complexity index is 1880. The zero-order chi connectivity index (χ0) is 31.9. The van der Waals surface area contributed by atoms with Crippen LogP contribution in [0, 0.1) is 27.7 Å². The highest BCUT2D eigenvalue weighted by Gasteiger charge is 2.43. The maximum absolute atomic E-state index is 12.1. The van der Waals surface area contributed by atoms with Crippen LogP contribution in [0.2, 0.25) is 0 Å². The summed E-state index contributed by atoms with van der Waals surface area (Å²) in [5, 5.41) is 44.6. The fourth-order valence-electron chi connectivity index (χ4n) is 6.44. The first-order valence-corrected chi connectivity index (χ1v) is 15.0. The second kappa shape index (κ2) is 11.5. The van der Waals surface area contributed by atoms with Gasteiger partial charge < -0.3 is 20.4 Å². The predicted octanol–water partition coefficient (Wildman–Crippen LogP) is 9.46. The molecule has 0 aliphatic heterocycles. The van der Waals surface area contributed by atoms with E-state index in [0.717, 1.165) is 44.5 Å². The number of aryl methyl sites for hydroxylation is 4. The van der Waals surface area contributed by atoms with Gasteiger partial charge in [-0.15, -0.1) is 0 Å². The van der Waals surface area contributed by atoms with E-state index in [1.165, 1.54) is 0 Å². The first kappa shape index (κ1) is 29.6. The molecule has 0 saturated heterocycles. The molecule has 0 bridgehead atoms. The van der Waals surface area contributed by atoms with E-state index in [1.54, 1.807) is 12.1 Å². The number of phenols is 4. The molecule has 0 aliphatic carbocycles. The minimum Gasteiger partial charge on any atom is -0.508 e. The molecule has 0 unspecified atom stereocenters. The van der Waals surface area contributed by atoms with Gasteiger partial charge in [0.15, 0.2) is 0 Å². The van der Waals surface area contributed by atoms with Crippen molar-refractivity contribution in [3.63, 3.8) is 0 Å². The van der Waals surface area contributed by atoms with Crippen LogP contribution in [0.5, 0.6) is 23.0 Å². The normalized spacial score (nSPS) is 11.5. The number of rotatable bonds is 6. The molecule has 0 fully saturated rings. The van der Waals surface area contributed by atoms with Gasteiger partial charge in [-0.3, -0.25) is 0 Å². The van der Waals surface area contributed by atoms with Gasteiger partial charge in [0.25, 0.3) is 0 Å². The van der Waals surface area contributed by atoms with Crippen molar-refractivity contribution in [3.05, 3.63) is 166 Å². The molecule has 6 rings (SSSR count).